The van der Waals surface area contributed by atoms with Crippen LogP contribution < -0.4 is 5.32 Å². The summed E-state index contributed by atoms with van der Waals surface area (Å²) in [6.45, 7) is 9.42. The van der Waals surface area contributed by atoms with Gasteiger partial charge in [-0.2, -0.15) is 0 Å². The highest BCUT2D eigenvalue weighted by atomic mass is 32.1. The van der Waals surface area contributed by atoms with Crippen molar-refractivity contribution < 1.29 is 4.79 Å². The number of benzene rings is 1. The monoisotopic (exact) mass is 247 g/mol. The number of hydrogen-bond acceptors (Lipinski definition) is 2. The van der Waals surface area contributed by atoms with Crippen LogP contribution in [0.5, 0.6) is 0 Å². The van der Waals surface area contributed by atoms with Crippen LogP contribution in [0.2, 0.25) is 0 Å². The summed E-state index contributed by atoms with van der Waals surface area (Å²) in [6, 6.07) is 9.86. The van der Waals surface area contributed by atoms with Gasteiger partial charge in [-0.3, -0.25) is 4.79 Å². The molecule has 2 nitrogen and oxygen atoms in total. The number of hydrogen-bond donors (Lipinski definition) is 1. The number of allylic oxidation sites excluding steroid dienone is 1. The van der Waals surface area contributed by atoms with E-state index in [0.717, 1.165) is 15.0 Å². The third-order valence-electron chi connectivity index (χ3n) is 1.98. The number of carbonyl (C=O) groups is 1. The lowest BCUT2D eigenvalue weighted by Crippen LogP contribution is -2.19. The molecule has 0 aliphatic heterocycles. The second-order valence-electron chi connectivity index (χ2n) is 3.38. The molecule has 0 saturated carbocycles. The van der Waals surface area contributed by atoms with Gasteiger partial charge in [0.25, 0.3) is 5.91 Å². The van der Waals surface area contributed by atoms with E-state index in [4.69, 9.17) is 0 Å². The maximum Gasteiger partial charge on any atom is 0.265 e. The molecule has 1 aromatic heterocycles. The van der Waals surface area contributed by atoms with Crippen LogP contribution in [0.1, 0.15) is 30.4 Å². The predicted octanol–water partition coefficient (Wildman–Crippen LogP) is 4.19. The minimum absolute atomic E-state index is 0.0799. The molecule has 1 aromatic carbocycles. The maximum atomic E-state index is 11.7. The third kappa shape index (κ3) is 3.43. The Morgan fingerprint density at radius 1 is 1.29 bits per heavy atom. The molecule has 2 rings (SSSR count). The number of fused-ring (bicyclic) bond motifs is 1. The first-order valence-electron chi connectivity index (χ1n) is 5.62. The molecule has 0 fully saturated rings. The average Bonchev–Trinajstić information content (AvgIpc) is 2.74. The van der Waals surface area contributed by atoms with Crippen molar-refractivity contribution in [2.75, 3.05) is 0 Å². The van der Waals surface area contributed by atoms with E-state index in [9.17, 15) is 4.79 Å². The minimum atomic E-state index is -0.0799. The standard InChI is InChI=1S/C12H11NOS.C2H6/c1-8(2)13-12(14)11-7-9-5-3-4-6-10(9)15-11;1-2/h3-7H,1H2,2H3,(H,13,14);1-2H3. The zero-order valence-corrected chi connectivity index (χ0v) is 11.2. The van der Waals surface area contributed by atoms with E-state index in [1.165, 1.54) is 11.3 Å². The van der Waals surface area contributed by atoms with Gasteiger partial charge in [0.1, 0.15) is 0 Å². The fraction of sp³-hybridized carbons (Fsp3) is 0.214. The second kappa shape index (κ2) is 6.21. The highest BCUT2D eigenvalue weighted by molar-refractivity contribution is 7.20. The van der Waals surface area contributed by atoms with Crippen LogP contribution in [0.15, 0.2) is 42.6 Å². The van der Waals surface area contributed by atoms with E-state index in [2.05, 4.69) is 11.9 Å². The largest absolute Gasteiger partial charge is 0.326 e. The van der Waals surface area contributed by atoms with Crippen molar-refractivity contribution in [2.24, 2.45) is 0 Å². The van der Waals surface area contributed by atoms with Crippen molar-refractivity contribution >= 4 is 27.3 Å². The molecule has 1 heterocycles. The maximum absolute atomic E-state index is 11.7. The molecule has 0 aliphatic rings. The van der Waals surface area contributed by atoms with Gasteiger partial charge in [-0.15, -0.1) is 11.3 Å². The normalized spacial score (nSPS) is 9.35. The van der Waals surface area contributed by atoms with E-state index in [0.29, 0.717) is 5.70 Å². The quantitative estimate of drug-likeness (QED) is 0.847. The minimum Gasteiger partial charge on any atom is -0.326 e. The summed E-state index contributed by atoms with van der Waals surface area (Å²) in [5.41, 5.74) is 0.664. The predicted molar refractivity (Wildman–Crippen MR) is 75.5 cm³/mol. The van der Waals surface area contributed by atoms with Gasteiger partial charge in [0, 0.05) is 10.4 Å². The first-order chi connectivity index (χ1) is 8.16. The van der Waals surface area contributed by atoms with Crippen molar-refractivity contribution in [3.63, 3.8) is 0 Å². The summed E-state index contributed by atoms with van der Waals surface area (Å²) in [6.07, 6.45) is 0. The van der Waals surface area contributed by atoms with Crippen molar-refractivity contribution in [3.8, 4) is 0 Å². The van der Waals surface area contributed by atoms with Crippen LogP contribution in [-0.4, -0.2) is 5.91 Å². The van der Waals surface area contributed by atoms with Crippen molar-refractivity contribution in [3.05, 3.63) is 47.5 Å². The molecule has 0 radical (unpaired) electrons. The number of thiophene rings is 1. The summed E-state index contributed by atoms with van der Waals surface area (Å²) in [4.78, 5) is 12.4. The average molecular weight is 247 g/mol. The molecule has 0 saturated heterocycles. The van der Waals surface area contributed by atoms with Gasteiger partial charge in [-0.05, 0) is 24.4 Å². The Labute approximate surface area is 106 Å². The molecule has 0 bridgehead atoms. The van der Waals surface area contributed by atoms with Crippen LogP contribution >= 0.6 is 11.3 Å². The van der Waals surface area contributed by atoms with Crippen molar-refractivity contribution in [1.82, 2.24) is 5.32 Å². The van der Waals surface area contributed by atoms with Gasteiger partial charge in [-0.25, -0.2) is 0 Å². The lowest BCUT2D eigenvalue weighted by Gasteiger charge is -1.99. The Balaban J connectivity index is 0.000000686. The third-order valence-corrected chi connectivity index (χ3v) is 3.09. The fourth-order valence-corrected chi connectivity index (χ4v) is 2.31. The van der Waals surface area contributed by atoms with Crippen molar-refractivity contribution in [1.29, 1.82) is 0 Å². The Morgan fingerprint density at radius 3 is 2.53 bits per heavy atom. The molecule has 1 N–H and O–H groups in total. The highest BCUT2D eigenvalue weighted by Gasteiger charge is 2.08. The molecular formula is C14H17NOS. The summed E-state index contributed by atoms with van der Waals surface area (Å²) in [7, 11) is 0. The van der Waals surface area contributed by atoms with Crippen LogP contribution in [0.4, 0.5) is 0 Å². The first kappa shape index (κ1) is 13.5. The zero-order valence-electron chi connectivity index (χ0n) is 10.4. The van der Waals surface area contributed by atoms with E-state index < -0.39 is 0 Å². The SMILES string of the molecule is C=C(C)NC(=O)c1cc2ccccc2s1.CC. The van der Waals surface area contributed by atoms with Crippen molar-refractivity contribution in [2.45, 2.75) is 20.8 Å². The Hall–Kier alpha value is -1.61. The molecular weight excluding hydrogens is 230 g/mol. The van der Waals surface area contributed by atoms with Gasteiger partial charge in [0.2, 0.25) is 0 Å². The fourth-order valence-electron chi connectivity index (χ4n) is 1.35. The highest BCUT2D eigenvalue weighted by Crippen LogP contribution is 2.25. The summed E-state index contributed by atoms with van der Waals surface area (Å²) in [5, 5.41) is 3.80. The van der Waals surface area contributed by atoms with E-state index in [1.54, 1.807) is 6.92 Å². The van der Waals surface area contributed by atoms with Crippen LogP contribution in [0.25, 0.3) is 10.1 Å². The lowest BCUT2D eigenvalue weighted by molar-refractivity contribution is 0.0970. The molecule has 0 atom stereocenters. The molecule has 0 unspecified atom stereocenters. The second-order valence-corrected chi connectivity index (χ2v) is 4.47. The number of nitrogens with one attached hydrogen (secondary N) is 1. The lowest BCUT2D eigenvalue weighted by atomic mass is 10.2. The van der Waals surface area contributed by atoms with E-state index in [-0.39, 0.29) is 5.91 Å². The van der Waals surface area contributed by atoms with E-state index in [1.807, 2.05) is 44.2 Å². The Kier molecular flexibility index (Phi) is 4.91. The van der Waals surface area contributed by atoms with Gasteiger partial charge in [-0.1, -0.05) is 38.6 Å². The molecule has 17 heavy (non-hydrogen) atoms. The Bertz CT molecular complexity index is 495. The molecule has 0 aliphatic carbocycles. The molecule has 90 valence electrons. The Morgan fingerprint density at radius 2 is 1.94 bits per heavy atom. The number of amides is 1. The van der Waals surface area contributed by atoms with Gasteiger partial charge < -0.3 is 5.32 Å². The molecule has 0 spiro atoms. The molecule has 3 heteroatoms. The summed E-state index contributed by atoms with van der Waals surface area (Å²) >= 11 is 1.49. The van der Waals surface area contributed by atoms with Crippen LogP contribution in [-0.2, 0) is 0 Å². The smallest absolute Gasteiger partial charge is 0.265 e. The van der Waals surface area contributed by atoms with Gasteiger partial charge >= 0.3 is 0 Å². The first-order valence-corrected chi connectivity index (χ1v) is 6.44. The molecule has 2 aromatic rings. The van der Waals surface area contributed by atoms with Crippen LogP contribution in [0.3, 0.4) is 0 Å². The zero-order chi connectivity index (χ0) is 12.8. The topological polar surface area (TPSA) is 29.1 Å². The summed E-state index contributed by atoms with van der Waals surface area (Å²) < 4.78 is 1.13. The number of rotatable bonds is 2. The summed E-state index contributed by atoms with van der Waals surface area (Å²) in [5.74, 6) is -0.0799. The number of carbonyl (C=O) groups excluding carboxylic acids is 1. The van der Waals surface area contributed by atoms with Gasteiger partial charge in [0.05, 0.1) is 4.88 Å². The molecule has 1 amide bonds. The van der Waals surface area contributed by atoms with Crippen LogP contribution in [0, 0.1) is 0 Å². The van der Waals surface area contributed by atoms with Gasteiger partial charge in [0.15, 0.2) is 0 Å². The van der Waals surface area contributed by atoms with E-state index >= 15 is 0 Å².